The molecule has 3 aromatic carbocycles. The highest BCUT2D eigenvalue weighted by atomic mass is 16.6. The van der Waals surface area contributed by atoms with Gasteiger partial charge in [0, 0.05) is 29.0 Å². The summed E-state index contributed by atoms with van der Waals surface area (Å²) < 4.78 is 0. The average molecular weight is 601 g/mol. The highest BCUT2D eigenvalue weighted by Gasteiger charge is 2.66. The van der Waals surface area contributed by atoms with Gasteiger partial charge in [-0.1, -0.05) is 78.9 Å². The van der Waals surface area contributed by atoms with Crippen LogP contribution in [-0.2, 0) is 15.0 Å². The topological polar surface area (TPSA) is 159 Å². The van der Waals surface area contributed by atoms with Crippen LogP contribution in [0.5, 0.6) is 0 Å². The van der Waals surface area contributed by atoms with Crippen LogP contribution in [0.25, 0.3) is 0 Å². The van der Waals surface area contributed by atoms with Crippen LogP contribution in [0.2, 0.25) is 0 Å². The zero-order chi connectivity index (χ0) is 31.7. The molecule has 44 heavy (non-hydrogen) atoms. The van der Waals surface area contributed by atoms with Gasteiger partial charge < -0.3 is 20.8 Å². The van der Waals surface area contributed by atoms with Crippen molar-refractivity contribution in [2.75, 3.05) is 19.6 Å². The summed E-state index contributed by atoms with van der Waals surface area (Å²) >= 11 is 0. The molecule has 2 heterocycles. The van der Waals surface area contributed by atoms with Gasteiger partial charge in [-0.05, 0) is 63.9 Å². The maximum atomic E-state index is 13.5. The van der Waals surface area contributed by atoms with Gasteiger partial charge in [0.1, 0.15) is 5.41 Å². The zero-order valence-electron chi connectivity index (χ0n) is 25.1. The number of piperidine rings is 2. The number of rotatable bonds is 9. The maximum Gasteiger partial charge on any atom is 0.312 e. The smallest absolute Gasteiger partial charge is 0.312 e. The van der Waals surface area contributed by atoms with Crippen LogP contribution in [0.4, 0.5) is 5.69 Å². The van der Waals surface area contributed by atoms with Crippen molar-refractivity contribution in [1.29, 1.82) is 0 Å². The monoisotopic (exact) mass is 600 g/mol. The molecular formula is C34H40N4O6. The summed E-state index contributed by atoms with van der Waals surface area (Å²) in [5.74, 6) is -3.80. The average Bonchev–Trinajstić information content (AvgIpc) is 3.03. The zero-order valence-corrected chi connectivity index (χ0v) is 25.1. The minimum atomic E-state index is -1.85. The minimum Gasteiger partial charge on any atom is -0.481 e. The molecule has 0 aromatic heterocycles. The number of carboxylic acid groups (broad SMARTS) is 2. The van der Waals surface area contributed by atoms with E-state index in [1.54, 1.807) is 13.0 Å². The van der Waals surface area contributed by atoms with Gasteiger partial charge in [-0.2, -0.15) is 0 Å². The lowest BCUT2D eigenvalue weighted by molar-refractivity contribution is -0.386. The lowest BCUT2D eigenvalue weighted by atomic mass is 9.52. The first-order valence-corrected chi connectivity index (χ1v) is 15.0. The fraction of sp³-hybridized carbons (Fsp3) is 0.412. The Labute approximate surface area is 257 Å². The first-order valence-electron chi connectivity index (χ1n) is 15.0. The third-order valence-corrected chi connectivity index (χ3v) is 10.5. The number of nitrogens with zero attached hydrogens (tertiary/aromatic N) is 2. The van der Waals surface area contributed by atoms with Crippen LogP contribution in [0, 0.1) is 20.9 Å². The van der Waals surface area contributed by atoms with E-state index in [9.17, 15) is 29.9 Å². The third kappa shape index (κ3) is 5.06. The molecule has 0 bridgehead atoms. The predicted octanol–water partition coefficient (Wildman–Crippen LogP) is 4.59. The van der Waals surface area contributed by atoms with E-state index in [2.05, 4.69) is 34.5 Å². The molecule has 5 unspecified atom stereocenters. The highest BCUT2D eigenvalue weighted by molar-refractivity contribution is 5.84. The van der Waals surface area contributed by atoms with Crippen molar-refractivity contribution in [3.8, 4) is 0 Å². The van der Waals surface area contributed by atoms with Gasteiger partial charge in [0.2, 0.25) is 0 Å². The van der Waals surface area contributed by atoms with Crippen molar-refractivity contribution >= 4 is 17.6 Å². The Bertz CT molecular complexity index is 1470. The summed E-state index contributed by atoms with van der Waals surface area (Å²) in [6.45, 7) is 4.86. The number of benzene rings is 3. The van der Waals surface area contributed by atoms with Gasteiger partial charge in [-0.3, -0.25) is 25.0 Å². The molecule has 2 aliphatic heterocycles. The van der Waals surface area contributed by atoms with Crippen LogP contribution in [0.15, 0.2) is 84.9 Å². The van der Waals surface area contributed by atoms with E-state index in [1.165, 1.54) is 36.2 Å². The molecule has 10 nitrogen and oxygen atoms in total. The van der Waals surface area contributed by atoms with Crippen molar-refractivity contribution in [3.63, 3.8) is 0 Å². The standard InChI is InChI=1S/C34H40N4O6/c1-23-34(31(41)42,28(32(2,30(39)40)29(35)36-23)26-15-9-10-16-27(26)38(43)44)19-22-37-20-17-33(18-21-37,24-11-5-3-6-12-24)25-13-7-4-8-14-25/h3-16,23,28-29,36H,17-22,35H2,1-2H3,(H,39,40)(H,41,42). The number of hydrogen-bond acceptors (Lipinski definition) is 7. The molecule has 5 N–H and O–H groups in total. The van der Waals surface area contributed by atoms with E-state index in [0.717, 1.165) is 12.8 Å². The number of nitro groups is 1. The Morgan fingerprint density at radius 1 is 0.932 bits per heavy atom. The van der Waals surface area contributed by atoms with Crippen molar-refractivity contribution in [2.45, 2.75) is 56.7 Å². The molecule has 3 aromatic rings. The molecule has 0 saturated carbocycles. The lowest BCUT2D eigenvalue weighted by Gasteiger charge is -2.56. The number of nitro benzene ring substituents is 1. The van der Waals surface area contributed by atoms with Crippen molar-refractivity contribution < 1.29 is 24.7 Å². The summed E-state index contributed by atoms with van der Waals surface area (Å²) in [5, 5.41) is 36.7. The number of hydrogen-bond donors (Lipinski definition) is 4. The van der Waals surface area contributed by atoms with Crippen LogP contribution in [0.1, 0.15) is 55.7 Å². The molecular weight excluding hydrogens is 560 g/mol. The first kappa shape index (κ1) is 31.3. The van der Waals surface area contributed by atoms with Gasteiger partial charge in [-0.25, -0.2) is 0 Å². The van der Waals surface area contributed by atoms with E-state index in [0.29, 0.717) is 19.6 Å². The second-order valence-electron chi connectivity index (χ2n) is 12.5. The Morgan fingerprint density at radius 3 is 1.95 bits per heavy atom. The summed E-state index contributed by atoms with van der Waals surface area (Å²) in [6, 6.07) is 25.9. The van der Waals surface area contributed by atoms with Crippen LogP contribution in [0.3, 0.4) is 0 Å². The molecule has 0 spiro atoms. The largest absolute Gasteiger partial charge is 0.481 e. The fourth-order valence-electron chi connectivity index (χ4n) is 7.85. The lowest BCUT2D eigenvalue weighted by Crippen LogP contribution is -2.72. The van der Waals surface area contributed by atoms with Gasteiger partial charge >= 0.3 is 11.9 Å². The summed E-state index contributed by atoms with van der Waals surface area (Å²) in [5.41, 5.74) is 4.87. The summed E-state index contributed by atoms with van der Waals surface area (Å²) in [4.78, 5) is 40.2. The number of carbonyl (C=O) groups is 2. The number of likely N-dealkylation sites (tertiary alicyclic amines) is 1. The predicted molar refractivity (Wildman–Crippen MR) is 166 cm³/mol. The molecule has 2 fully saturated rings. The van der Waals surface area contributed by atoms with Gasteiger partial charge in [0.15, 0.2) is 0 Å². The number of nitrogens with one attached hydrogen (secondary N) is 1. The van der Waals surface area contributed by atoms with Gasteiger partial charge in [-0.15, -0.1) is 0 Å². The quantitative estimate of drug-likeness (QED) is 0.204. The third-order valence-electron chi connectivity index (χ3n) is 10.5. The molecule has 232 valence electrons. The Morgan fingerprint density at radius 2 is 1.45 bits per heavy atom. The van der Waals surface area contributed by atoms with Crippen molar-refractivity contribution in [1.82, 2.24) is 10.2 Å². The maximum absolute atomic E-state index is 13.5. The van der Waals surface area contributed by atoms with Crippen molar-refractivity contribution in [2.24, 2.45) is 16.6 Å². The van der Waals surface area contributed by atoms with E-state index in [1.807, 2.05) is 36.4 Å². The van der Waals surface area contributed by atoms with E-state index in [4.69, 9.17) is 5.73 Å². The number of carboxylic acids is 2. The van der Waals surface area contributed by atoms with Crippen LogP contribution >= 0.6 is 0 Å². The number of para-hydroxylation sites is 1. The molecule has 2 aliphatic rings. The second-order valence-corrected chi connectivity index (χ2v) is 12.5. The molecule has 5 rings (SSSR count). The van der Waals surface area contributed by atoms with Crippen molar-refractivity contribution in [3.05, 3.63) is 112 Å². The van der Waals surface area contributed by atoms with E-state index < -0.39 is 45.8 Å². The molecule has 0 aliphatic carbocycles. The molecule has 2 saturated heterocycles. The first-order chi connectivity index (χ1) is 21.0. The summed E-state index contributed by atoms with van der Waals surface area (Å²) in [6.07, 6.45) is 0.576. The Kier molecular flexibility index (Phi) is 8.62. The minimum absolute atomic E-state index is 0.0689. The summed E-state index contributed by atoms with van der Waals surface area (Å²) in [7, 11) is 0. The van der Waals surface area contributed by atoms with Crippen LogP contribution in [-0.4, -0.2) is 63.8 Å². The number of aliphatic carboxylic acids is 2. The SMILES string of the molecule is CC1NC(N)C(C)(C(=O)O)C(c2ccccc2[N+](=O)[O-])C1(CCN1CCC(c2ccccc2)(c2ccccc2)CC1)C(=O)O. The normalized spacial score (nSPS) is 28.7. The fourth-order valence-corrected chi connectivity index (χ4v) is 7.85. The van der Waals surface area contributed by atoms with E-state index in [-0.39, 0.29) is 23.1 Å². The number of nitrogens with two attached hydrogens (primary N) is 1. The molecule has 0 amide bonds. The van der Waals surface area contributed by atoms with Gasteiger partial charge in [0.25, 0.3) is 5.69 Å². The van der Waals surface area contributed by atoms with Crippen LogP contribution < -0.4 is 11.1 Å². The molecule has 0 radical (unpaired) electrons. The van der Waals surface area contributed by atoms with Gasteiger partial charge in [0.05, 0.1) is 16.5 Å². The highest BCUT2D eigenvalue weighted by Crippen LogP contribution is 2.58. The second kappa shape index (κ2) is 12.1. The molecule has 5 atom stereocenters. The van der Waals surface area contributed by atoms with E-state index >= 15 is 0 Å². The Hall–Kier alpha value is -4.12. The Balaban J connectivity index is 1.50. The molecule has 10 heteroatoms.